The first-order valence-corrected chi connectivity index (χ1v) is 7.65. The van der Waals surface area contributed by atoms with E-state index in [-0.39, 0.29) is 0 Å². The van der Waals surface area contributed by atoms with Gasteiger partial charge in [-0.3, -0.25) is 4.90 Å². The standard InChI is InChI=1S/C13H21N3S/c14-13-15-11(9-17-13)8-16-7-3-6-12(16)10-4-1-2-5-10/h9-10,12H,1-8H2,(H2,14,15). The largest absolute Gasteiger partial charge is 0.375 e. The van der Waals surface area contributed by atoms with E-state index in [2.05, 4.69) is 15.3 Å². The lowest BCUT2D eigenvalue weighted by atomic mass is 9.96. The van der Waals surface area contributed by atoms with E-state index in [0.717, 1.165) is 24.2 Å². The van der Waals surface area contributed by atoms with Crippen LogP contribution in [0.15, 0.2) is 5.38 Å². The lowest BCUT2D eigenvalue weighted by Crippen LogP contribution is -2.34. The van der Waals surface area contributed by atoms with Crippen molar-refractivity contribution in [2.45, 2.75) is 51.1 Å². The molecule has 1 aliphatic heterocycles. The highest BCUT2D eigenvalue weighted by molar-refractivity contribution is 7.13. The Kier molecular flexibility index (Phi) is 3.34. The van der Waals surface area contributed by atoms with Crippen LogP contribution in [-0.4, -0.2) is 22.5 Å². The number of aromatic nitrogens is 1. The molecule has 2 N–H and O–H groups in total. The predicted octanol–water partition coefficient (Wildman–Crippen LogP) is 2.88. The molecule has 1 saturated carbocycles. The fraction of sp³-hybridized carbons (Fsp3) is 0.769. The van der Waals surface area contributed by atoms with Crippen molar-refractivity contribution in [3.63, 3.8) is 0 Å². The van der Waals surface area contributed by atoms with Gasteiger partial charge in [-0.2, -0.15) is 0 Å². The van der Waals surface area contributed by atoms with Gasteiger partial charge < -0.3 is 5.73 Å². The Balaban J connectivity index is 1.65. The van der Waals surface area contributed by atoms with Gasteiger partial charge in [0.15, 0.2) is 5.13 Å². The van der Waals surface area contributed by atoms with Crippen LogP contribution in [0.1, 0.15) is 44.2 Å². The number of hydrogen-bond acceptors (Lipinski definition) is 4. The maximum atomic E-state index is 5.70. The molecular weight excluding hydrogens is 230 g/mol. The number of nitrogens with zero attached hydrogens (tertiary/aromatic N) is 2. The molecule has 0 radical (unpaired) electrons. The first kappa shape index (κ1) is 11.5. The summed E-state index contributed by atoms with van der Waals surface area (Å²) in [6, 6.07) is 0.820. The maximum Gasteiger partial charge on any atom is 0.180 e. The first-order chi connectivity index (χ1) is 8.33. The quantitative estimate of drug-likeness (QED) is 0.898. The van der Waals surface area contributed by atoms with Gasteiger partial charge in [0.05, 0.1) is 5.69 Å². The molecular formula is C13H21N3S. The first-order valence-electron chi connectivity index (χ1n) is 6.77. The molecule has 2 heterocycles. The third-order valence-corrected chi connectivity index (χ3v) is 5.02. The summed E-state index contributed by atoms with van der Waals surface area (Å²) in [5, 5.41) is 2.82. The van der Waals surface area contributed by atoms with Gasteiger partial charge in [0.2, 0.25) is 0 Å². The van der Waals surface area contributed by atoms with E-state index in [1.54, 1.807) is 11.3 Å². The lowest BCUT2D eigenvalue weighted by Gasteiger charge is -2.28. The van der Waals surface area contributed by atoms with Crippen LogP contribution in [0.4, 0.5) is 5.13 Å². The minimum atomic E-state index is 0.705. The van der Waals surface area contributed by atoms with Crippen molar-refractivity contribution in [3.8, 4) is 0 Å². The van der Waals surface area contributed by atoms with E-state index in [9.17, 15) is 0 Å². The van der Waals surface area contributed by atoms with Crippen LogP contribution < -0.4 is 5.73 Å². The van der Waals surface area contributed by atoms with Gasteiger partial charge in [-0.1, -0.05) is 12.8 Å². The summed E-state index contributed by atoms with van der Waals surface area (Å²) < 4.78 is 0. The van der Waals surface area contributed by atoms with Crippen LogP contribution in [0.3, 0.4) is 0 Å². The molecule has 0 amide bonds. The van der Waals surface area contributed by atoms with E-state index < -0.39 is 0 Å². The van der Waals surface area contributed by atoms with Crippen molar-refractivity contribution in [2.75, 3.05) is 12.3 Å². The van der Waals surface area contributed by atoms with E-state index in [4.69, 9.17) is 5.73 Å². The smallest absolute Gasteiger partial charge is 0.180 e. The highest BCUT2D eigenvalue weighted by atomic mass is 32.1. The van der Waals surface area contributed by atoms with Crippen LogP contribution in [0.25, 0.3) is 0 Å². The highest BCUT2D eigenvalue weighted by Crippen LogP contribution is 2.36. The summed E-state index contributed by atoms with van der Waals surface area (Å²) in [4.78, 5) is 7.03. The second-order valence-corrected chi connectivity index (χ2v) is 6.29. The van der Waals surface area contributed by atoms with Crippen LogP contribution in [-0.2, 0) is 6.54 Å². The van der Waals surface area contributed by atoms with Gasteiger partial charge in [-0.15, -0.1) is 11.3 Å². The molecule has 1 unspecified atom stereocenters. The molecule has 17 heavy (non-hydrogen) atoms. The van der Waals surface area contributed by atoms with Crippen molar-refractivity contribution in [3.05, 3.63) is 11.1 Å². The molecule has 1 atom stereocenters. The number of hydrogen-bond donors (Lipinski definition) is 1. The fourth-order valence-corrected chi connectivity index (χ4v) is 4.08. The average molecular weight is 251 g/mol. The second-order valence-electron chi connectivity index (χ2n) is 5.40. The SMILES string of the molecule is Nc1nc(CN2CCCC2C2CCCC2)cs1. The zero-order valence-electron chi connectivity index (χ0n) is 10.3. The Bertz CT molecular complexity index is 370. The lowest BCUT2D eigenvalue weighted by molar-refractivity contribution is 0.181. The third kappa shape index (κ3) is 2.47. The van der Waals surface area contributed by atoms with Crippen molar-refractivity contribution < 1.29 is 0 Å². The molecule has 1 aromatic heterocycles. The third-order valence-electron chi connectivity index (χ3n) is 4.29. The molecule has 1 aromatic rings. The summed E-state index contributed by atoms with van der Waals surface area (Å²) in [5.74, 6) is 0.952. The molecule has 3 rings (SSSR count). The van der Waals surface area contributed by atoms with E-state index in [1.807, 2.05) is 0 Å². The molecule has 0 bridgehead atoms. The van der Waals surface area contributed by atoms with Crippen molar-refractivity contribution in [1.29, 1.82) is 0 Å². The maximum absolute atomic E-state index is 5.70. The molecule has 0 aromatic carbocycles. The average Bonchev–Trinajstić information content (AvgIpc) is 3.00. The fourth-order valence-electron chi connectivity index (χ4n) is 3.53. The van der Waals surface area contributed by atoms with Gasteiger partial charge in [-0.05, 0) is 38.1 Å². The monoisotopic (exact) mass is 251 g/mol. The number of nitrogen functional groups attached to an aromatic ring is 1. The van der Waals surface area contributed by atoms with Gasteiger partial charge in [-0.25, -0.2) is 4.98 Å². The van der Waals surface area contributed by atoms with Gasteiger partial charge in [0, 0.05) is 18.0 Å². The minimum absolute atomic E-state index is 0.705. The summed E-state index contributed by atoms with van der Waals surface area (Å²) >= 11 is 1.56. The Morgan fingerprint density at radius 3 is 2.82 bits per heavy atom. The number of rotatable bonds is 3. The van der Waals surface area contributed by atoms with Gasteiger partial charge in [0.1, 0.15) is 0 Å². The molecule has 3 nitrogen and oxygen atoms in total. The zero-order chi connectivity index (χ0) is 11.7. The Morgan fingerprint density at radius 2 is 2.12 bits per heavy atom. The van der Waals surface area contributed by atoms with Crippen LogP contribution in [0, 0.1) is 5.92 Å². The number of nitrogens with two attached hydrogens (primary N) is 1. The molecule has 4 heteroatoms. The normalized spacial score (nSPS) is 26.9. The molecule has 0 spiro atoms. The molecule has 94 valence electrons. The van der Waals surface area contributed by atoms with Crippen LogP contribution in [0.2, 0.25) is 0 Å². The number of anilines is 1. The predicted molar refractivity (Wildman–Crippen MR) is 71.9 cm³/mol. The molecule has 2 fully saturated rings. The summed E-state index contributed by atoms with van der Waals surface area (Å²) in [7, 11) is 0. The van der Waals surface area contributed by atoms with Gasteiger partial charge in [0.25, 0.3) is 0 Å². The molecule has 1 aliphatic carbocycles. The highest BCUT2D eigenvalue weighted by Gasteiger charge is 2.33. The topological polar surface area (TPSA) is 42.1 Å². The van der Waals surface area contributed by atoms with Crippen LogP contribution >= 0.6 is 11.3 Å². The van der Waals surface area contributed by atoms with E-state index in [0.29, 0.717) is 5.13 Å². The Morgan fingerprint density at radius 1 is 1.29 bits per heavy atom. The molecule has 2 aliphatic rings. The Labute approximate surface area is 107 Å². The van der Waals surface area contributed by atoms with Crippen molar-refractivity contribution >= 4 is 16.5 Å². The second kappa shape index (κ2) is 4.94. The zero-order valence-corrected chi connectivity index (χ0v) is 11.1. The van der Waals surface area contributed by atoms with E-state index in [1.165, 1.54) is 45.1 Å². The van der Waals surface area contributed by atoms with E-state index >= 15 is 0 Å². The summed E-state index contributed by atoms with van der Waals surface area (Å²) in [6.07, 6.45) is 8.53. The number of thiazole rings is 1. The molecule has 1 saturated heterocycles. The van der Waals surface area contributed by atoms with Gasteiger partial charge >= 0.3 is 0 Å². The number of likely N-dealkylation sites (tertiary alicyclic amines) is 1. The summed E-state index contributed by atoms with van der Waals surface area (Å²) in [5.41, 5.74) is 6.86. The van der Waals surface area contributed by atoms with Crippen molar-refractivity contribution in [2.24, 2.45) is 5.92 Å². The van der Waals surface area contributed by atoms with Crippen molar-refractivity contribution in [1.82, 2.24) is 9.88 Å². The van der Waals surface area contributed by atoms with Crippen LogP contribution in [0.5, 0.6) is 0 Å². The minimum Gasteiger partial charge on any atom is -0.375 e. The summed E-state index contributed by atoms with van der Waals surface area (Å²) in [6.45, 7) is 2.26. The Hall–Kier alpha value is -0.610.